The summed E-state index contributed by atoms with van der Waals surface area (Å²) in [7, 11) is 0. The summed E-state index contributed by atoms with van der Waals surface area (Å²) >= 11 is 0. The molecule has 0 saturated carbocycles. The maximum atomic E-state index is 9.19. The summed E-state index contributed by atoms with van der Waals surface area (Å²) in [5, 5.41) is 12.7. The molecule has 0 aliphatic heterocycles. The summed E-state index contributed by atoms with van der Waals surface area (Å²) in [5.74, 6) is 0. The molecule has 1 unspecified atom stereocenters. The molecule has 2 heteroatoms. The van der Waals surface area contributed by atoms with Gasteiger partial charge in [0.05, 0.1) is 12.6 Å². The van der Waals surface area contributed by atoms with Crippen LogP contribution in [0.15, 0.2) is 54.6 Å². The molecule has 0 aliphatic carbocycles. The lowest BCUT2D eigenvalue weighted by molar-refractivity contribution is 0.282. The van der Waals surface area contributed by atoms with Crippen molar-refractivity contribution in [2.24, 2.45) is 0 Å². The lowest BCUT2D eigenvalue weighted by atomic mass is 10.0. The van der Waals surface area contributed by atoms with Gasteiger partial charge < -0.3 is 10.4 Å². The largest absolute Gasteiger partial charge is 0.392 e. The number of benzene rings is 2. The highest BCUT2D eigenvalue weighted by Gasteiger charge is 2.09. The third-order valence-corrected chi connectivity index (χ3v) is 3.23. The van der Waals surface area contributed by atoms with Gasteiger partial charge in [-0.3, -0.25) is 0 Å². The highest BCUT2D eigenvalue weighted by Crippen LogP contribution is 2.24. The van der Waals surface area contributed by atoms with Crippen LogP contribution in [0, 0.1) is 0 Å². The first-order chi connectivity index (χ1) is 9.33. The van der Waals surface area contributed by atoms with E-state index in [0.717, 1.165) is 24.1 Å². The van der Waals surface area contributed by atoms with E-state index in [1.165, 1.54) is 5.56 Å². The second-order valence-electron chi connectivity index (χ2n) is 4.75. The van der Waals surface area contributed by atoms with Gasteiger partial charge in [-0.15, -0.1) is 0 Å². The minimum atomic E-state index is 0.0826. The fourth-order valence-corrected chi connectivity index (χ4v) is 2.26. The molecule has 0 heterocycles. The molecule has 0 bridgehead atoms. The first-order valence-corrected chi connectivity index (χ1v) is 6.84. The summed E-state index contributed by atoms with van der Waals surface area (Å²) in [4.78, 5) is 0. The van der Waals surface area contributed by atoms with Crippen LogP contribution in [0.25, 0.3) is 0 Å². The molecule has 0 aliphatic rings. The van der Waals surface area contributed by atoms with E-state index in [1.54, 1.807) is 0 Å². The molecule has 0 fully saturated rings. The van der Waals surface area contributed by atoms with Crippen molar-refractivity contribution in [3.8, 4) is 0 Å². The van der Waals surface area contributed by atoms with Crippen LogP contribution >= 0.6 is 0 Å². The van der Waals surface area contributed by atoms with Crippen LogP contribution in [0.3, 0.4) is 0 Å². The Hall–Kier alpha value is -1.80. The molecule has 0 saturated heterocycles. The quantitative estimate of drug-likeness (QED) is 0.813. The zero-order valence-corrected chi connectivity index (χ0v) is 11.3. The molecule has 2 rings (SSSR count). The average Bonchev–Trinajstić information content (AvgIpc) is 2.48. The number of hydrogen-bond donors (Lipinski definition) is 2. The molecule has 2 nitrogen and oxygen atoms in total. The smallest absolute Gasteiger partial charge is 0.0682 e. The monoisotopic (exact) mass is 255 g/mol. The van der Waals surface area contributed by atoms with Crippen LogP contribution < -0.4 is 5.32 Å². The van der Waals surface area contributed by atoms with Crippen LogP contribution in [0.4, 0.5) is 5.69 Å². The van der Waals surface area contributed by atoms with E-state index in [1.807, 2.05) is 30.3 Å². The lowest BCUT2D eigenvalue weighted by Crippen LogP contribution is -2.10. The maximum absolute atomic E-state index is 9.19. The van der Waals surface area contributed by atoms with Crippen LogP contribution in [0.5, 0.6) is 0 Å². The van der Waals surface area contributed by atoms with Crippen molar-refractivity contribution < 1.29 is 5.11 Å². The SMILES string of the molecule is CCCC(Nc1cccc(CO)c1)c1ccccc1. The standard InChI is InChI=1S/C17H21NO/c1-2-7-17(15-9-4-3-5-10-15)18-16-11-6-8-14(12-16)13-19/h3-6,8-12,17-19H,2,7,13H2,1H3. The van der Waals surface area contributed by atoms with Gasteiger partial charge in [-0.25, -0.2) is 0 Å². The minimum Gasteiger partial charge on any atom is -0.392 e. The number of nitrogens with one attached hydrogen (secondary N) is 1. The Morgan fingerprint density at radius 1 is 1.05 bits per heavy atom. The third kappa shape index (κ3) is 3.83. The molecule has 2 N–H and O–H groups in total. The molecule has 100 valence electrons. The first kappa shape index (κ1) is 13.6. The Bertz CT molecular complexity index is 496. The Labute approximate surface area is 115 Å². The van der Waals surface area contributed by atoms with Crippen molar-refractivity contribution in [1.29, 1.82) is 0 Å². The van der Waals surface area contributed by atoms with Gasteiger partial charge in [-0.05, 0) is 29.7 Å². The average molecular weight is 255 g/mol. The number of rotatable bonds is 6. The van der Waals surface area contributed by atoms with Crippen LogP contribution in [0.2, 0.25) is 0 Å². The van der Waals surface area contributed by atoms with Crippen LogP contribution in [0.1, 0.15) is 36.9 Å². The van der Waals surface area contributed by atoms with Gasteiger partial charge in [0.2, 0.25) is 0 Å². The van der Waals surface area contributed by atoms with E-state index in [0.29, 0.717) is 6.04 Å². The Kier molecular flexibility index (Phi) is 4.99. The fraction of sp³-hybridized carbons (Fsp3) is 0.294. The van der Waals surface area contributed by atoms with Crippen molar-refractivity contribution in [2.45, 2.75) is 32.4 Å². The molecular formula is C17H21NO. The molecule has 1 atom stereocenters. The van der Waals surface area contributed by atoms with Crippen molar-refractivity contribution in [3.05, 3.63) is 65.7 Å². The van der Waals surface area contributed by atoms with Crippen LogP contribution in [-0.2, 0) is 6.61 Å². The molecule has 0 radical (unpaired) electrons. The van der Waals surface area contributed by atoms with Gasteiger partial charge in [0.1, 0.15) is 0 Å². The van der Waals surface area contributed by atoms with Gasteiger partial charge in [-0.1, -0.05) is 55.8 Å². The van der Waals surface area contributed by atoms with Gasteiger partial charge in [-0.2, -0.15) is 0 Å². The highest BCUT2D eigenvalue weighted by atomic mass is 16.3. The van der Waals surface area contributed by atoms with Crippen molar-refractivity contribution in [2.75, 3.05) is 5.32 Å². The summed E-state index contributed by atoms with van der Waals surface area (Å²) in [6.07, 6.45) is 2.22. The van der Waals surface area contributed by atoms with E-state index in [4.69, 9.17) is 0 Å². The van der Waals surface area contributed by atoms with Crippen LogP contribution in [-0.4, -0.2) is 5.11 Å². The topological polar surface area (TPSA) is 32.3 Å². The minimum absolute atomic E-state index is 0.0826. The zero-order chi connectivity index (χ0) is 13.5. The number of aliphatic hydroxyl groups excluding tert-OH is 1. The molecule has 0 amide bonds. The fourth-order valence-electron chi connectivity index (χ4n) is 2.26. The number of hydrogen-bond acceptors (Lipinski definition) is 2. The van der Waals surface area contributed by atoms with E-state index in [9.17, 15) is 5.11 Å². The molecule has 0 spiro atoms. The second kappa shape index (κ2) is 6.95. The van der Waals surface area contributed by atoms with Crippen molar-refractivity contribution in [1.82, 2.24) is 0 Å². The van der Waals surface area contributed by atoms with E-state index in [2.05, 4.69) is 36.5 Å². The van der Waals surface area contributed by atoms with Gasteiger partial charge in [0.15, 0.2) is 0 Å². The Morgan fingerprint density at radius 3 is 2.53 bits per heavy atom. The Morgan fingerprint density at radius 2 is 1.84 bits per heavy atom. The van der Waals surface area contributed by atoms with Crippen molar-refractivity contribution >= 4 is 5.69 Å². The third-order valence-electron chi connectivity index (χ3n) is 3.23. The summed E-state index contributed by atoms with van der Waals surface area (Å²) in [6.45, 7) is 2.28. The maximum Gasteiger partial charge on any atom is 0.0682 e. The molecule has 2 aromatic rings. The van der Waals surface area contributed by atoms with Gasteiger partial charge in [0, 0.05) is 5.69 Å². The van der Waals surface area contributed by atoms with Gasteiger partial charge >= 0.3 is 0 Å². The molecular weight excluding hydrogens is 234 g/mol. The van der Waals surface area contributed by atoms with E-state index in [-0.39, 0.29) is 6.61 Å². The molecule has 0 aromatic heterocycles. The predicted molar refractivity (Wildman–Crippen MR) is 80.1 cm³/mol. The lowest BCUT2D eigenvalue weighted by Gasteiger charge is -2.20. The highest BCUT2D eigenvalue weighted by molar-refractivity contribution is 5.47. The number of anilines is 1. The van der Waals surface area contributed by atoms with E-state index >= 15 is 0 Å². The first-order valence-electron chi connectivity index (χ1n) is 6.84. The number of aliphatic hydroxyl groups is 1. The summed E-state index contributed by atoms with van der Waals surface area (Å²) < 4.78 is 0. The van der Waals surface area contributed by atoms with E-state index < -0.39 is 0 Å². The second-order valence-corrected chi connectivity index (χ2v) is 4.75. The summed E-state index contributed by atoms with van der Waals surface area (Å²) in [6, 6.07) is 18.8. The molecule has 19 heavy (non-hydrogen) atoms. The zero-order valence-electron chi connectivity index (χ0n) is 11.3. The van der Waals surface area contributed by atoms with Gasteiger partial charge in [0.25, 0.3) is 0 Å². The Balaban J connectivity index is 2.16. The normalized spacial score (nSPS) is 12.1. The summed E-state index contributed by atoms with van der Waals surface area (Å²) in [5.41, 5.74) is 3.31. The molecule has 2 aromatic carbocycles. The predicted octanol–water partition coefficient (Wildman–Crippen LogP) is 4.13. The van der Waals surface area contributed by atoms with Crippen molar-refractivity contribution in [3.63, 3.8) is 0 Å².